The highest BCUT2D eigenvalue weighted by Gasteiger charge is 2.07. The maximum Gasteiger partial charge on any atom is 0.123 e. The Balaban J connectivity index is 2.03. The van der Waals surface area contributed by atoms with Gasteiger partial charge in [-0.05, 0) is 71.6 Å². The summed E-state index contributed by atoms with van der Waals surface area (Å²) in [6, 6.07) is 13.2. The van der Waals surface area contributed by atoms with Crippen molar-refractivity contribution in [1.82, 2.24) is 0 Å². The molecule has 1 nitrogen and oxygen atoms in total. The lowest BCUT2D eigenvalue weighted by molar-refractivity contribution is 0.624. The Labute approximate surface area is 122 Å². The molecule has 0 aliphatic rings. The normalized spacial score (nSPS) is 12.2. The predicted octanol–water partition coefficient (Wildman–Crippen LogP) is 4.94. The van der Waals surface area contributed by atoms with Crippen LogP contribution in [-0.2, 0) is 6.42 Å². The van der Waals surface area contributed by atoms with Crippen LogP contribution < -0.4 is 5.32 Å². The topological polar surface area (TPSA) is 12.0 Å². The Bertz CT molecular complexity index is 568. The van der Waals surface area contributed by atoms with Crippen molar-refractivity contribution >= 4 is 21.6 Å². The average Bonchev–Trinajstić information content (AvgIpc) is 2.33. The number of nitrogens with one attached hydrogen (secondary N) is 1. The quantitative estimate of drug-likeness (QED) is 0.841. The first-order valence-electron chi connectivity index (χ1n) is 6.32. The maximum atomic E-state index is 13.1. The summed E-state index contributed by atoms with van der Waals surface area (Å²) in [6.45, 7) is 4.15. The first kappa shape index (κ1) is 14.1. The molecule has 2 rings (SSSR count). The van der Waals surface area contributed by atoms with E-state index in [0.29, 0.717) is 0 Å². The van der Waals surface area contributed by atoms with Crippen molar-refractivity contribution in [3.05, 3.63) is 63.9 Å². The molecular formula is C16H17BrFN. The molecule has 0 aliphatic heterocycles. The van der Waals surface area contributed by atoms with Gasteiger partial charge in [0.25, 0.3) is 0 Å². The van der Waals surface area contributed by atoms with Crippen LogP contribution in [0, 0.1) is 12.7 Å². The molecule has 0 aromatic heterocycles. The molecule has 2 aromatic rings. The second kappa shape index (κ2) is 6.20. The molecule has 0 spiro atoms. The van der Waals surface area contributed by atoms with Gasteiger partial charge < -0.3 is 5.32 Å². The van der Waals surface area contributed by atoms with Gasteiger partial charge in [-0.1, -0.05) is 18.2 Å². The van der Waals surface area contributed by atoms with Gasteiger partial charge >= 0.3 is 0 Å². The van der Waals surface area contributed by atoms with Crippen LogP contribution in [-0.4, -0.2) is 6.04 Å². The Hall–Kier alpha value is -1.35. The smallest absolute Gasteiger partial charge is 0.123 e. The molecule has 0 fully saturated rings. The summed E-state index contributed by atoms with van der Waals surface area (Å²) in [5.74, 6) is -0.179. The highest BCUT2D eigenvalue weighted by atomic mass is 79.9. The van der Waals surface area contributed by atoms with Gasteiger partial charge in [0.05, 0.1) is 0 Å². The lowest BCUT2D eigenvalue weighted by Gasteiger charge is -2.17. The number of rotatable bonds is 4. The van der Waals surface area contributed by atoms with E-state index < -0.39 is 0 Å². The van der Waals surface area contributed by atoms with Crippen LogP contribution in [0.4, 0.5) is 10.1 Å². The molecule has 1 atom stereocenters. The molecule has 0 radical (unpaired) electrons. The summed E-state index contributed by atoms with van der Waals surface area (Å²) >= 11 is 3.55. The summed E-state index contributed by atoms with van der Waals surface area (Å²) in [4.78, 5) is 0. The van der Waals surface area contributed by atoms with Crippen molar-refractivity contribution in [3.63, 3.8) is 0 Å². The molecule has 1 unspecified atom stereocenters. The fourth-order valence-electron chi connectivity index (χ4n) is 2.07. The van der Waals surface area contributed by atoms with Crippen LogP contribution in [0.15, 0.2) is 46.9 Å². The highest BCUT2D eigenvalue weighted by Crippen LogP contribution is 2.24. The summed E-state index contributed by atoms with van der Waals surface area (Å²) in [5.41, 5.74) is 3.29. The van der Waals surface area contributed by atoms with E-state index in [-0.39, 0.29) is 11.9 Å². The van der Waals surface area contributed by atoms with E-state index in [1.54, 1.807) is 12.1 Å². The standard InChI is InChI=1S/C16H17BrFN/c1-11-6-7-16(15(17)8-11)19-12(2)9-13-4-3-5-14(18)10-13/h3-8,10,12,19H,9H2,1-2H3. The number of hydrogen-bond donors (Lipinski definition) is 1. The monoisotopic (exact) mass is 321 g/mol. The van der Waals surface area contributed by atoms with E-state index in [1.165, 1.54) is 11.6 Å². The summed E-state index contributed by atoms with van der Waals surface area (Å²) in [5, 5.41) is 3.44. The minimum atomic E-state index is -0.179. The first-order valence-corrected chi connectivity index (χ1v) is 7.11. The lowest BCUT2D eigenvalue weighted by Crippen LogP contribution is -2.18. The van der Waals surface area contributed by atoms with Crippen LogP contribution in [0.2, 0.25) is 0 Å². The first-order chi connectivity index (χ1) is 9.04. The second-order valence-electron chi connectivity index (χ2n) is 4.86. The van der Waals surface area contributed by atoms with Gasteiger partial charge in [-0.3, -0.25) is 0 Å². The van der Waals surface area contributed by atoms with Crippen LogP contribution in [0.5, 0.6) is 0 Å². The van der Waals surface area contributed by atoms with Crippen molar-refractivity contribution in [2.75, 3.05) is 5.32 Å². The largest absolute Gasteiger partial charge is 0.381 e. The van der Waals surface area contributed by atoms with Crippen molar-refractivity contribution in [2.45, 2.75) is 26.3 Å². The van der Waals surface area contributed by atoms with E-state index in [2.05, 4.69) is 53.3 Å². The molecule has 0 heterocycles. The maximum absolute atomic E-state index is 13.1. The van der Waals surface area contributed by atoms with Crippen LogP contribution in [0.3, 0.4) is 0 Å². The van der Waals surface area contributed by atoms with Crippen molar-refractivity contribution < 1.29 is 4.39 Å². The van der Waals surface area contributed by atoms with E-state index in [1.807, 2.05) is 6.07 Å². The molecule has 1 N–H and O–H groups in total. The molecule has 0 saturated carbocycles. The number of benzene rings is 2. The third-order valence-corrected chi connectivity index (χ3v) is 3.61. The molecule has 2 aromatic carbocycles. The van der Waals surface area contributed by atoms with Gasteiger partial charge in [-0.15, -0.1) is 0 Å². The van der Waals surface area contributed by atoms with E-state index in [0.717, 1.165) is 22.1 Å². The van der Waals surface area contributed by atoms with Gasteiger partial charge in [0.15, 0.2) is 0 Å². The van der Waals surface area contributed by atoms with Crippen LogP contribution >= 0.6 is 15.9 Å². The molecule has 0 aliphatic carbocycles. The molecular weight excluding hydrogens is 305 g/mol. The Kier molecular flexibility index (Phi) is 4.59. The summed E-state index contributed by atoms with van der Waals surface area (Å²) in [7, 11) is 0. The third kappa shape index (κ3) is 4.06. The Morgan fingerprint density at radius 3 is 2.68 bits per heavy atom. The summed E-state index contributed by atoms with van der Waals surface area (Å²) < 4.78 is 14.2. The average molecular weight is 322 g/mol. The van der Waals surface area contributed by atoms with Crippen molar-refractivity contribution in [2.24, 2.45) is 0 Å². The minimum absolute atomic E-state index is 0.179. The highest BCUT2D eigenvalue weighted by molar-refractivity contribution is 9.10. The molecule has 0 amide bonds. The Morgan fingerprint density at radius 1 is 1.21 bits per heavy atom. The number of aryl methyl sites for hydroxylation is 1. The third-order valence-electron chi connectivity index (χ3n) is 2.96. The molecule has 0 saturated heterocycles. The van der Waals surface area contributed by atoms with Crippen molar-refractivity contribution in [3.8, 4) is 0 Å². The van der Waals surface area contributed by atoms with E-state index in [4.69, 9.17) is 0 Å². The SMILES string of the molecule is Cc1ccc(NC(C)Cc2cccc(F)c2)c(Br)c1. The number of hydrogen-bond acceptors (Lipinski definition) is 1. The zero-order valence-corrected chi connectivity index (χ0v) is 12.7. The van der Waals surface area contributed by atoms with Crippen LogP contribution in [0.25, 0.3) is 0 Å². The second-order valence-corrected chi connectivity index (χ2v) is 5.72. The lowest BCUT2D eigenvalue weighted by atomic mass is 10.1. The number of halogens is 2. The number of anilines is 1. The minimum Gasteiger partial charge on any atom is -0.381 e. The van der Waals surface area contributed by atoms with Gasteiger partial charge in [0.2, 0.25) is 0 Å². The fraction of sp³-hybridized carbons (Fsp3) is 0.250. The Morgan fingerprint density at radius 2 is 2.00 bits per heavy atom. The molecule has 19 heavy (non-hydrogen) atoms. The van der Waals surface area contributed by atoms with E-state index in [9.17, 15) is 4.39 Å². The fourth-order valence-corrected chi connectivity index (χ4v) is 2.68. The zero-order chi connectivity index (χ0) is 13.8. The molecule has 3 heteroatoms. The van der Waals surface area contributed by atoms with Crippen LogP contribution in [0.1, 0.15) is 18.1 Å². The van der Waals surface area contributed by atoms with Gasteiger partial charge in [0.1, 0.15) is 5.82 Å². The van der Waals surface area contributed by atoms with Gasteiger partial charge in [-0.2, -0.15) is 0 Å². The summed E-state index contributed by atoms with van der Waals surface area (Å²) in [6.07, 6.45) is 0.790. The van der Waals surface area contributed by atoms with E-state index >= 15 is 0 Å². The molecule has 0 bridgehead atoms. The predicted molar refractivity (Wildman–Crippen MR) is 82.1 cm³/mol. The van der Waals surface area contributed by atoms with Gasteiger partial charge in [0, 0.05) is 16.2 Å². The van der Waals surface area contributed by atoms with Crippen molar-refractivity contribution in [1.29, 1.82) is 0 Å². The van der Waals surface area contributed by atoms with Gasteiger partial charge in [-0.25, -0.2) is 4.39 Å². The zero-order valence-electron chi connectivity index (χ0n) is 11.1. The molecule has 100 valence electrons.